The predicted octanol–water partition coefficient (Wildman–Crippen LogP) is 1.74. The highest BCUT2D eigenvalue weighted by Gasteiger charge is 2.42. The highest BCUT2D eigenvalue weighted by Crippen LogP contribution is 2.35. The number of aryl methyl sites for hydroxylation is 2. The predicted molar refractivity (Wildman–Crippen MR) is 66.8 cm³/mol. The van der Waals surface area contributed by atoms with Crippen molar-refractivity contribution in [2.24, 2.45) is 0 Å². The number of nitrogens with one attached hydrogen (secondary N) is 1. The van der Waals surface area contributed by atoms with E-state index in [1.807, 2.05) is 13.8 Å². The van der Waals surface area contributed by atoms with E-state index in [0.29, 0.717) is 0 Å². The molecule has 1 aromatic rings. The Kier molecular flexibility index (Phi) is 2.67. The molecule has 3 rings (SSSR count). The molecule has 1 N–H and O–H groups in total. The van der Waals surface area contributed by atoms with Crippen molar-refractivity contribution in [3.05, 3.63) is 15.6 Å². The number of aromatic nitrogens is 1. The fraction of sp³-hybridized carbons (Fsp3) is 0.667. The number of thiazole rings is 1. The van der Waals surface area contributed by atoms with E-state index in [1.54, 1.807) is 11.3 Å². The second kappa shape index (κ2) is 4.07. The molecule has 4 nitrogen and oxygen atoms in total. The highest BCUT2D eigenvalue weighted by atomic mass is 32.1. The zero-order valence-electron chi connectivity index (χ0n) is 10.2. The molecule has 2 atom stereocenters. The van der Waals surface area contributed by atoms with Gasteiger partial charge in [-0.05, 0) is 26.7 Å². The van der Waals surface area contributed by atoms with Crippen LogP contribution in [0.25, 0.3) is 0 Å². The standard InChI is InChI=1S/C12H17N3OS/c1-7-10(17-8(2)13-7)11-14-12(16)9-5-3-4-6-15(9)11/h9,11H,3-6H2,1-2H3,(H,14,16). The summed E-state index contributed by atoms with van der Waals surface area (Å²) < 4.78 is 0. The summed E-state index contributed by atoms with van der Waals surface area (Å²) in [6.45, 7) is 5.07. The minimum absolute atomic E-state index is 0.0685. The molecule has 0 bridgehead atoms. The molecule has 17 heavy (non-hydrogen) atoms. The normalized spacial score (nSPS) is 29.2. The molecule has 0 aromatic carbocycles. The molecule has 2 unspecified atom stereocenters. The van der Waals surface area contributed by atoms with Crippen molar-refractivity contribution in [2.45, 2.75) is 45.3 Å². The number of carbonyl (C=O) groups excluding carboxylic acids is 1. The van der Waals surface area contributed by atoms with Crippen LogP contribution < -0.4 is 5.32 Å². The Morgan fingerprint density at radius 3 is 2.94 bits per heavy atom. The number of amides is 1. The van der Waals surface area contributed by atoms with E-state index < -0.39 is 0 Å². The van der Waals surface area contributed by atoms with Crippen LogP contribution in [0.3, 0.4) is 0 Å². The molecule has 3 heterocycles. The average Bonchev–Trinajstić information content (AvgIpc) is 2.80. The molecular formula is C12H17N3OS. The smallest absolute Gasteiger partial charge is 0.238 e. The molecule has 0 aliphatic carbocycles. The van der Waals surface area contributed by atoms with Crippen molar-refractivity contribution in [3.63, 3.8) is 0 Å². The lowest BCUT2D eigenvalue weighted by Crippen LogP contribution is -2.38. The van der Waals surface area contributed by atoms with E-state index in [-0.39, 0.29) is 18.1 Å². The molecule has 2 aliphatic rings. The Bertz CT molecular complexity index is 457. The van der Waals surface area contributed by atoms with Gasteiger partial charge in [-0.1, -0.05) is 6.42 Å². The monoisotopic (exact) mass is 251 g/mol. The van der Waals surface area contributed by atoms with Crippen molar-refractivity contribution in [1.82, 2.24) is 15.2 Å². The maximum Gasteiger partial charge on any atom is 0.238 e. The van der Waals surface area contributed by atoms with Crippen molar-refractivity contribution >= 4 is 17.2 Å². The van der Waals surface area contributed by atoms with E-state index in [9.17, 15) is 4.79 Å². The van der Waals surface area contributed by atoms with Crippen LogP contribution >= 0.6 is 11.3 Å². The average molecular weight is 251 g/mol. The van der Waals surface area contributed by atoms with Crippen LogP contribution in [0.15, 0.2) is 0 Å². The molecule has 0 saturated carbocycles. The number of hydrogen-bond acceptors (Lipinski definition) is 4. The Labute approximate surface area is 105 Å². The first-order chi connectivity index (χ1) is 8.16. The number of rotatable bonds is 1. The van der Waals surface area contributed by atoms with Gasteiger partial charge in [0.05, 0.1) is 21.6 Å². The van der Waals surface area contributed by atoms with E-state index in [2.05, 4.69) is 15.2 Å². The van der Waals surface area contributed by atoms with Crippen molar-refractivity contribution in [2.75, 3.05) is 6.54 Å². The van der Waals surface area contributed by atoms with Crippen LogP contribution in [-0.2, 0) is 4.79 Å². The molecule has 1 amide bonds. The maximum absolute atomic E-state index is 11.9. The fourth-order valence-corrected chi connectivity index (χ4v) is 3.88. The molecule has 2 fully saturated rings. The van der Waals surface area contributed by atoms with Crippen LogP contribution in [0, 0.1) is 13.8 Å². The zero-order valence-corrected chi connectivity index (χ0v) is 11.0. The summed E-state index contributed by atoms with van der Waals surface area (Å²) in [7, 11) is 0. The first-order valence-corrected chi connectivity index (χ1v) is 6.98. The van der Waals surface area contributed by atoms with Crippen LogP contribution in [0.1, 0.15) is 41.0 Å². The third kappa shape index (κ3) is 1.77. The largest absolute Gasteiger partial charge is 0.334 e. The van der Waals surface area contributed by atoms with Gasteiger partial charge >= 0.3 is 0 Å². The summed E-state index contributed by atoms with van der Waals surface area (Å²) in [6, 6.07) is 0.0931. The first kappa shape index (κ1) is 11.2. The first-order valence-electron chi connectivity index (χ1n) is 6.17. The molecule has 0 spiro atoms. The summed E-state index contributed by atoms with van der Waals surface area (Å²) in [6.07, 6.45) is 3.43. The highest BCUT2D eigenvalue weighted by molar-refractivity contribution is 7.11. The molecule has 5 heteroatoms. The summed E-state index contributed by atoms with van der Waals surface area (Å²) in [5, 5.41) is 4.20. The molecule has 2 saturated heterocycles. The lowest BCUT2D eigenvalue weighted by molar-refractivity contribution is -0.122. The van der Waals surface area contributed by atoms with E-state index in [0.717, 1.165) is 23.7 Å². The van der Waals surface area contributed by atoms with E-state index >= 15 is 0 Å². The van der Waals surface area contributed by atoms with Crippen molar-refractivity contribution in [3.8, 4) is 0 Å². The Hall–Kier alpha value is -0.940. The van der Waals surface area contributed by atoms with Gasteiger partial charge in [0, 0.05) is 6.54 Å². The molecule has 2 aliphatic heterocycles. The number of nitrogens with zero attached hydrogens (tertiary/aromatic N) is 2. The van der Waals surface area contributed by atoms with Crippen LogP contribution in [0.2, 0.25) is 0 Å². The van der Waals surface area contributed by atoms with Gasteiger partial charge in [-0.15, -0.1) is 11.3 Å². The van der Waals surface area contributed by atoms with Gasteiger partial charge in [0.25, 0.3) is 0 Å². The van der Waals surface area contributed by atoms with Gasteiger partial charge in [-0.25, -0.2) is 4.98 Å². The topological polar surface area (TPSA) is 45.2 Å². The van der Waals surface area contributed by atoms with Gasteiger partial charge < -0.3 is 5.32 Å². The molecular weight excluding hydrogens is 234 g/mol. The molecule has 0 radical (unpaired) electrons. The Morgan fingerprint density at radius 2 is 2.24 bits per heavy atom. The quantitative estimate of drug-likeness (QED) is 0.827. The number of carbonyl (C=O) groups is 1. The van der Waals surface area contributed by atoms with Crippen molar-refractivity contribution < 1.29 is 4.79 Å². The van der Waals surface area contributed by atoms with Crippen LogP contribution in [-0.4, -0.2) is 28.4 Å². The van der Waals surface area contributed by atoms with Crippen LogP contribution in [0.5, 0.6) is 0 Å². The molecule has 1 aromatic heterocycles. The lowest BCUT2D eigenvalue weighted by Gasteiger charge is -2.30. The second-order valence-electron chi connectivity index (χ2n) is 4.84. The van der Waals surface area contributed by atoms with E-state index in [4.69, 9.17) is 0 Å². The second-order valence-corrected chi connectivity index (χ2v) is 6.08. The summed E-state index contributed by atoms with van der Waals surface area (Å²) >= 11 is 1.70. The van der Waals surface area contributed by atoms with Gasteiger partial charge in [-0.3, -0.25) is 9.69 Å². The molecule has 92 valence electrons. The summed E-state index contributed by atoms with van der Waals surface area (Å²) in [5.41, 5.74) is 1.06. The zero-order chi connectivity index (χ0) is 12.0. The van der Waals surface area contributed by atoms with E-state index in [1.165, 1.54) is 17.7 Å². The minimum Gasteiger partial charge on any atom is -0.334 e. The third-order valence-corrected chi connectivity index (χ3v) is 4.77. The number of piperidine rings is 1. The summed E-state index contributed by atoms with van der Waals surface area (Å²) in [4.78, 5) is 19.9. The number of fused-ring (bicyclic) bond motifs is 1. The Morgan fingerprint density at radius 1 is 1.41 bits per heavy atom. The van der Waals surface area contributed by atoms with Crippen LogP contribution in [0.4, 0.5) is 0 Å². The third-order valence-electron chi connectivity index (χ3n) is 3.65. The van der Waals surface area contributed by atoms with Gasteiger partial charge in [0.1, 0.15) is 6.17 Å². The lowest BCUT2D eigenvalue weighted by atomic mass is 10.0. The Balaban J connectivity index is 1.93. The maximum atomic E-state index is 11.9. The van der Waals surface area contributed by atoms with Gasteiger partial charge in [0.2, 0.25) is 5.91 Å². The van der Waals surface area contributed by atoms with Gasteiger partial charge in [-0.2, -0.15) is 0 Å². The number of hydrogen-bond donors (Lipinski definition) is 1. The fourth-order valence-electron chi connectivity index (χ4n) is 2.88. The minimum atomic E-state index is 0.0685. The SMILES string of the molecule is Cc1nc(C)c(C2NC(=O)C3CCCCN32)s1. The van der Waals surface area contributed by atoms with Gasteiger partial charge in [0.15, 0.2) is 0 Å². The van der Waals surface area contributed by atoms with Crippen molar-refractivity contribution in [1.29, 1.82) is 0 Å². The summed E-state index contributed by atoms with van der Waals surface area (Å²) in [5.74, 6) is 0.195.